The first-order chi connectivity index (χ1) is 5.72. The van der Waals surface area contributed by atoms with Gasteiger partial charge in [-0.05, 0) is 0 Å². The van der Waals surface area contributed by atoms with Gasteiger partial charge >= 0.3 is 11.9 Å². The van der Waals surface area contributed by atoms with E-state index in [2.05, 4.69) is 22.0 Å². The minimum Gasteiger partial charge on any atom is -0.456 e. The van der Waals surface area contributed by atoms with Crippen molar-refractivity contribution in [3.8, 4) is 12.3 Å². The number of ether oxygens (including phenoxy) is 2. The highest BCUT2D eigenvalue weighted by Gasteiger charge is 2.15. The number of carbonyl (C=O) groups is 2. The van der Waals surface area contributed by atoms with Crippen LogP contribution in [0.25, 0.3) is 0 Å². The molecule has 0 aromatic heterocycles. The van der Waals surface area contributed by atoms with Crippen molar-refractivity contribution in [1.82, 2.24) is 0 Å². The van der Waals surface area contributed by atoms with Gasteiger partial charge in [-0.1, -0.05) is 6.58 Å². The fraction of sp³-hybridized carbons (Fsp3) is 0.250. The molecule has 0 spiro atoms. The Morgan fingerprint density at radius 3 is 2.67 bits per heavy atom. The number of carbonyl (C=O) groups excluding carboxylic acids is 2. The molecule has 0 heterocycles. The Kier molecular flexibility index (Phi) is 5.11. The van der Waals surface area contributed by atoms with E-state index in [0.717, 1.165) is 6.26 Å². The van der Waals surface area contributed by atoms with Crippen LogP contribution >= 0.6 is 0 Å². The molecule has 64 valence electrons. The lowest BCUT2D eigenvalue weighted by Crippen LogP contribution is -2.18. The summed E-state index contributed by atoms with van der Waals surface area (Å²) in [5.41, 5.74) is 0. The maximum atomic E-state index is 10.6. The normalized spacial score (nSPS) is 7.92. The molecule has 0 aliphatic rings. The maximum Gasteiger partial charge on any atom is 0.422 e. The molecule has 0 N–H and O–H groups in total. The molecule has 0 aromatic rings. The standard InChI is InChI=1S/C8H8O4/c1-3-5-6-12-8(10)7(9)11-4-2/h1,4H,2,5-6H2. The Labute approximate surface area is 70.2 Å². The minimum atomic E-state index is -1.10. The zero-order valence-electron chi connectivity index (χ0n) is 6.41. The predicted octanol–water partition coefficient (Wildman–Crippen LogP) is 0.240. The lowest BCUT2D eigenvalue weighted by molar-refractivity contribution is -0.164. The van der Waals surface area contributed by atoms with E-state index in [1.54, 1.807) is 0 Å². The third kappa shape index (κ3) is 4.12. The second-order valence-corrected chi connectivity index (χ2v) is 1.66. The summed E-state index contributed by atoms with van der Waals surface area (Å²) in [4.78, 5) is 21.1. The molecular formula is C8H8O4. The minimum absolute atomic E-state index is 0.0155. The number of rotatable bonds is 3. The molecule has 0 amide bonds. The highest BCUT2D eigenvalue weighted by Crippen LogP contribution is 1.86. The van der Waals surface area contributed by atoms with Crippen LogP contribution in [0, 0.1) is 12.3 Å². The van der Waals surface area contributed by atoms with Crippen LogP contribution in [0.15, 0.2) is 12.8 Å². The summed E-state index contributed by atoms with van der Waals surface area (Å²) in [7, 11) is 0. The van der Waals surface area contributed by atoms with E-state index in [0.29, 0.717) is 0 Å². The van der Waals surface area contributed by atoms with E-state index < -0.39 is 11.9 Å². The molecule has 0 saturated carbocycles. The van der Waals surface area contributed by atoms with Crippen molar-refractivity contribution in [2.45, 2.75) is 6.42 Å². The van der Waals surface area contributed by atoms with Gasteiger partial charge < -0.3 is 9.47 Å². The Hall–Kier alpha value is -1.76. The van der Waals surface area contributed by atoms with Crippen molar-refractivity contribution in [2.75, 3.05) is 6.61 Å². The largest absolute Gasteiger partial charge is 0.456 e. The van der Waals surface area contributed by atoms with Crippen molar-refractivity contribution in [3.05, 3.63) is 12.8 Å². The van der Waals surface area contributed by atoms with Crippen LogP contribution in [-0.4, -0.2) is 18.5 Å². The van der Waals surface area contributed by atoms with Crippen LogP contribution in [0.4, 0.5) is 0 Å². The van der Waals surface area contributed by atoms with E-state index >= 15 is 0 Å². The fourth-order valence-corrected chi connectivity index (χ4v) is 0.385. The van der Waals surface area contributed by atoms with Crippen molar-refractivity contribution in [2.24, 2.45) is 0 Å². The first kappa shape index (κ1) is 10.2. The first-order valence-corrected chi connectivity index (χ1v) is 3.14. The Balaban J connectivity index is 3.66. The third-order valence-electron chi connectivity index (χ3n) is 0.837. The molecule has 0 unspecified atom stereocenters. The van der Waals surface area contributed by atoms with Gasteiger partial charge in [0.15, 0.2) is 0 Å². The van der Waals surface area contributed by atoms with E-state index in [1.165, 1.54) is 0 Å². The number of terminal acetylenes is 1. The second kappa shape index (κ2) is 5.98. The van der Waals surface area contributed by atoms with E-state index in [1.807, 2.05) is 0 Å². The van der Waals surface area contributed by atoms with E-state index in [9.17, 15) is 9.59 Å². The molecule has 0 aliphatic heterocycles. The predicted molar refractivity (Wildman–Crippen MR) is 40.7 cm³/mol. The summed E-state index contributed by atoms with van der Waals surface area (Å²) < 4.78 is 8.53. The van der Waals surface area contributed by atoms with Gasteiger partial charge in [0.1, 0.15) is 6.61 Å². The highest BCUT2D eigenvalue weighted by atomic mass is 16.6. The molecule has 0 radical (unpaired) electrons. The molecule has 0 saturated heterocycles. The lowest BCUT2D eigenvalue weighted by atomic mass is 10.5. The average molecular weight is 168 g/mol. The molecule has 0 aromatic carbocycles. The Morgan fingerprint density at radius 2 is 2.17 bits per heavy atom. The smallest absolute Gasteiger partial charge is 0.422 e. The quantitative estimate of drug-likeness (QED) is 0.199. The molecule has 0 bridgehead atoms. The molecule has 0 atom stereocenters. The second-order valence-electron chi connectivity index (χ2n) is 1.66. The van der Waals surface area contributed by atoms with Gasteiger partial charge in [-0.3, -0.25) is 0 Å². The monoisotopic (exact) mass is 168 g/mol. The zero-order valence-corrected chi connectivity index (χ0v) is 6.41. The van der Waals surface area contributed by atoms with Gasteiger partial charge in [-0.15, -0.1) is 12.3 Å². The SMILES string of the molecule is C#CCCOC(=O)C(=O)OC=C. The lowest BCUT2D eigenvalue weighted by Gasteiger charge is -1.98. The van der Waals surface area contributed by atoms with Gasteiger partial charge in [-0.25, -0.2) is 9.59 Å². The number of hydrogen-bond acceptors (Lipinski definition) is 4. The number of esters is 2. The molecule has 12 heavy (non-hydrogen) atoms. The van der Waals surface area contributed by atoms with Gasteiger partial charge in [-0.2, -0.15) is 0 Å². The van der Waals surface area contributed by atoms with Crippen LogP contribution in [0.2, 0.25) is 0 Å². The van der Waals surface area contributed by atoms with Gasteiger partial charge in [0.05, 0.1) is 6.26 Å². The fourth-order valence-electron chi connectivity index (χ4n) is 0.385. The molecule has 0 rings (SSSR count). The first-order valence-electron chi connectivity index (χ1n) is 3.14. The Morgan fingerprint density at radius 1 is 1.50 bits per heavy atom. The van der Waals surface area contributed by atoms with Crippen LogP contribution in [0.1, 0.15) is 6.42 Å². The summed E-state index contributed by atoms with van der Waals surface area (Å²) in [6, 6.07) is 0. The molecular weight excluding hydrogens is 160 g/mol. The topological polar surface area (TPSA) is 52.6 Å². The van der Waals surface area contributed by atoms with Crippen molar-refractivity contribution >= 4 is 11.9 Å². The Bertz CT molecular complexity index is 224. The van der Waals surface area contributed by atoms with Gasteiger partial charge in [0, 0.05) is 6.42 Å². The van der Waals surface area contributed by atoms with Crippen molar-refractivity contribution in [1.29, 1.82) is 0 Å². The summed E-state index contributed by atoms with van der Waals surface area (Å²) in [5, 5.41) is 0. The van der Waals surface area contributed by atoms with Crippen molar-refractivity contribution in [3.63, 3.8) is 0 Å². The maximum absolute atomic E-state index is 10.6. The molecule has 4 nitrogen and oxygen atoms in total. The van der Waals surface area contributed by atoms with Gasteiger partial charge in [0.2, 0.25) is 0 Å². The average Bonchev–Trinajstić information content (AvgIpc) is 2.05. The van der Waals surface area contributed by atoms with Crippen LogP contribution in [0.3, 0.4) is 0 Å². The molecule has 0 aliphatic carbocycles. The highest BCUT2D eigenvalue weighted by molar-refractivity contribution is 6.29. The summed E-state index contributed by atoms with van der Waals surface area (Å²) in [6.07, 6.45) is 6.00. The van der Waals surface area contributed by atoms with E-state index in [4.69, 9.17) is 6.42 Å². The molecule has 0 fully saturated rings. The zero-order chi connectivity index (χ0) is 9.40. The van der Waals surface area contributed by atoms with Crippen LogP contribution < -0.4 is 0 Å². The molecule has 4 heteroatoms. The van der Waals surface area contributed by atoms with Crippen molar-refractivity contribution < 1.29 is 19.1 Å². The summed E-state index contributed by atoms with van der Waals surface area (Å²) >= 11 is 0. The number of hydrogen-bond donors (Lipinski definition) is 0. The van der Waals surface area contributed by atoms with E-state index in [-0.39, 0.29) is 13.0 Å². The third-order valence-corrected chi connectivity index (χ3v) is 0.837. The van der Waals surface area contributed by atoms with Crippen LogP contribution in [-0.2, 0) is 19.1 Å². The summed E-state index contributed by atoms with van der Waals surface area (Å²) in [5.74, 6) is 0.0845. The summed E-state index contributed by atoms with van der Waals surface area (Å²) in [6.45, 7) is 3.11. The van der Waals surface area contributed by atoms with Crippen LogP contribution in [0.5, 0.6) is 0 Å². The van der Waals surface area contributed by atoms with Gasteiger partial charge in [0.25, 0.3) is 0 Å².